The van der Waals surface area contributed by atoms with Gasteiger partial charge in [-0.15, -0.1) is 0 Å². The lowest BCUT2D eigenvalue weighted by atomic mass is 10.0. The summed E-state index contributed by atoms with van der Waals surface area (Å²) in [5.74, 6) is 8.48. The van der Waals surface area contributed by atoms with Gasteiger partial charge in [0, 0.05) is 17.7 Å². The van der Waals surface area contributed by atoms with Gasteiger partial charge in [-0.1, -0.05) is 17.9 Å². The average molecular weight is 303 g/mol. The van der Waals surface area contributed by atoms with Crippen LogP contribution in [0.15, 0.2) is 18.2 Å². The summed E-state index contributed by atoms with van der Waals surface area (Å²) in [4.78, 5) is 12.3. The molecule has 2 rings (SSSR count). The van der Waals surface area contributed by atoms with Gasteiger partial charge < -0.3 is 10.4 Å². The zero-order chi connectivity index (χ0) is 15.1. The molecule has 1 amide bonds. The summed E-state index contributed by atoms with van der Waals surface area (Å²) in [5, 5.41) is 11.8. The number of carbonyl (C=O) groups excluding carboxylic acids is 1. The van der Waals surface area contributed by atoms with Crippen LogP contribution in [-0.2, 0) is 0 Å². The molecule has 2 N–H and O–H groups in total. The average Bonchev–Trinajstić information content (AvgIpc) is 2.52. The predicted octanol–water partition coefficient (Wildman–Crippen LogP) is 2.21. The van der Waals surface area contributed by atoms with Gasteiger partial charge >= 0.3 is 0 Å². The van der Waals surface area contributed by atoms with E-state index < -0.39 is 0 Å². The predicted molar refractivity (Wildman–Crippen MR) is 87.5 cm³/mol. The van der Waals surface area contributed by atoms with Gasteiger partial charge in [0.1, 0.15) is 6.61 Å². The summed E-state index contributed by atoms with van der Waals surface area (Å²) >= 11 is 1.99. The SMILES string of the molecule is Cc1c(C#CCO)cccc1C(=O)NCC1CCSCC1. The number of amides is 1. The highest BCUT2D eigenvalue weighted by Gasteiger charge is 2.16. The molecule has 112 valence electrons. The molecule has 1 aromatic rings. The zero-order valence-electron chi connectivity index (χ0n) is 12.3. The van der Waals surface area contributed by atoms with E-state index >= 15 is 0 Å². The molecular weight excluding hydrogens is 282 g/mol. The highest BCUT2D eigenvalue weighted by molar-refractivity contribution is 7.99. The lowest BCUT2D eigenvalue weighted by Gasteiger charge is -2.21. The minimum Gasteiger partial charge on any atom is -0.384 e. The molecule has 0 saturated carbocycles. The van der Waals surface area contributed by atoms with Crippen LogP contribution in [0.1, 0.15) is 34.3 Å². The molecule has 4 heteroatoms. The Kier molecular flexibility index (Phi) is 6.16. The van der Waals surface area contributed by atoms with Gasteiger partial charge in [-0.05, 0) is 54.9 Å². The molecule has 0 aromatic heterocycles. The van der Waals surface area contributed by atoms with Crippen molar-refractivity contribution in [3.63, 3.8) is 0 Å². The molecule has 0 spiro atoms. The molecule has 1 aliphatic rings. The summed E-state index contributed by atoms with van der Waals surface area (Å²) in [7, 11) is 0. The Morgan fingerprint density at radius 2 is 2.19 bits per heavy atom. The molecule has 1 saturated heterocycles. The van der Waals surface area contributed by atoms with E-state index in [1.807, 2.05) is 36.9 Å². The maximum Gasteiger partial charge on any atom is 0.251 e. The minimum absolute atomic E-state index is 0.0293. The number of benzene rings is 1. The van der Waals surface area contributed by atoms with Crippen molar-refractivity contribution in [1.29, 1.82) is 0 Å². The Labute approximate surface area is 130 Å². The van der Waals surface area contributed by atoms with Crippen LogP contribution in [0, 0.1) is 24.7 Å². The third-order valence-corrected chi connectivity index (χ3v) is 4.82. The second-order valence-electron chi connectivity index (χ2n) is 5.20. The fourth-order valence-electron chi connectivity index (χ4n) is 2.43. The second kappa shape index (κ2) is 8.11. The van der Waals surface area contributed by atoms with Gasteiger partial charge in [0.25, 0.3) is 5.91 Å². The van der Waals surface area contributed by atoms with Crippen LogP contribution in [0.2, 0.25) is 0 Å². The number of hydrogen-bond acceptors (Lipinski definition) is 3. The van der Waals surface area contributed by atoms with E-state index in [0.717, 1.165) is 17.7 Å². The van der Waals surface area contributed by atoms with Gasteiger partial charge in [-0.3, -0.25) is 4.79 Å². The third-order valence-electron chi connectivity index (χ3n) is 3.77. The molecule has 0 aliphatic carbocycles. The Balaban J connectivity index is 2.01. The first-order chi connectivity index (χ1) is 10.2. The molecule has 0 unspecified atom stereocenters. The first kappa shape index (κ1) is 15.9. The van der Waals surface area contributed by atoms with Crippen molar-refractivity contribution in [3.05, 3.63) is 34.9 Å². The van der Waals surface area contributed by atoms with Crippen LogP contribution < -0.4 is 5.32 Å². The molecule has 21 heavy (non-hydrogen) atoms. The Morgan fingerprint density at radius 1 is 1.43 bits per heavy atom. The van der Waals surface area contributed by atoms with Crippen molar-refractivity contribution in [2.45, 2.75) is 19.8 Å². The van der Waals surface area contributed by atoms with Crippen LogP contribution in [0.5, 0.6) is 0 Å². The molecule has 1 fully saturated rings. The van der Waals surface area contributed by atoms with Crippen molar-refractivity contribution in [1.82, 2.24) is 5.32 Å². The monoisotopic (exact) mass is 303 g/mol. The van der Waals surface area contributed by atoms with Gasteiger partial charge in [0.05, 0.1) is 0 Å². The Morgan fingerprint density at radius 3 is 2.90 bits per heavy atom. The van der Waals surface area contributed by atoms with Gasteiger partial charge in [-0.2, -0.15) is 11.8 Å². The van der Waals surface area contributed by atoms with Crippen LogP contribution in [-0.4, -0.2) is 35.7 Å². The van der Waals surface area contributed by atoms with Crippen LogP contribution in [0.25, 0.3) is 0 Å². The van der Waals surface area contributed by atoms with Crippen molar-refractivity contribution in [3.8, 4) is 11.8 Å². The number of aliphatic hydroxyl groups is 1. The number of rotatable bonds is 3. The minimum atomic E-state index is -0.171. The van der Waals surface area contributed by atoms with E-state index in [1.54, 1.807) is 0 Å². The second-order valence-corrected chi connectivity index (χ2v) is 6.43. The van der Waals surface area contributed by atoms with Gasteiger partial charge in [-0.25, -0.2) is 0 Å². The van der Waals surface area contributed by atoms with Gasteiger partial charge in [0.15, 0.2) is 0 Å². The molecule has 0 radical (unpaired) electrons. The lowest BCUT2D eigenvalue weighted by molar-refractivity contribution is 0.0945. The Hall–Kier alpha value is -1.44. The summed E-state index contributed by atoms with van der Waals surface area (Å²) < 4.78 is 0. The quantitative estimate of drug-likeness (QED) is 0.842. The highest BCUT2D eigenvalue weighted by Crippen LogP contribution is 2.22. The van der Waals surface area contributed by atoms with E-state index in [2.05, 4.69) is 17.2 Å². The zero-order valence-corrected chi connectivity index (χ0v) is 13.1. The molecule has 1 aliphatic heterocycles. The van der Waals surface area contributed by atoms with Crippen LogP contribution in [0.3, 0.4) is 0 Å². The van der Waals surface area contributed by atoms with E-state index in [-0.39, 0.29) is 12.5 Å². The molecular formula is C17H21NO2S. The van der Waals surface area contributed by atoms with Crippen molar-refractivity contribution >= 4 is 17.7 Å². The van der Waals surface area contributed by atoms with Crippen molar-refractivity contribution < 1.29 is 9.90 Å². The molecule has 0 atom stereocenters. The summed E-state index contributed by atoms with van der Waals surface area (Å²) in [6.45, 7) is 2.48. The molecule has 3 nitrogen and oxygen atoms in total. The van der Waals surface area contributed by atoms with Gasteiger partial charge in [0.2, 0.25) is 0 Å². The number of aliphatic hydroxyl groups excluding tert-OH is 1. The number of nitrogens with one attached hydrogen (secondary N) is 1. The van der Waals surface area contributed by atoms with Crippen molar-refractivity contribution in [2.75, 3.05) is 24.7 Å². The Bertz CT molecular complexity index is 554. The third kappa shape index (κ3) is 4.52. The smallest absolute Gasteiger partial charge is 0.251 e. The van der Waals surface area contributed by atoms with Crippen LogP contribution >= 0.6 is 11.8 Å². The summed E-state index contributed by atoms with van der Waals surface area (Å²) in [6, 6.07) is 5.53. The summed E-state index contributed by atoms with van der Waals surface area (Å²) in [6.07, 6.45) is 2.37. The summed E-state index contributed by atoms with van der Waals surface area (Å²) in [5.41, 5.74) is 2.34. The fourth-order valence-corrected chi connectivity index (χ4v) is 3.64. The number of carbonyl (C=O) groups is 1. The van der Waals surface area contributed by atoms with E-state index in [1.165, 1.54) is 24.3 Å². The first-order valence-electron chi connectivity index (χ1n) is 7.27. The number of thioether (sulfide) groups is 1. The molecule has 1 aromatic carbocycles. The lowest BCUT2D eigenvalue weighted by Crippen LogP contribution is -2.31. The molecule has 1 heterocycles. The normalized spacial score (nSPS) is 15.1. The largest absolute Gasteiger partial charge is 0.384 e. The van der Waals surface area contributed by atoms with Crippen LogP contribution in [0.4, 0.5) is 0 Å². The first-order valence-corrected chi connectivity index (χ1v) is 8.43. The topological polar surface area (TPSA) is 49.3 Å². The number of hydrogen-bond donors (Lipinski definition) is 2. The van der Waals surface area contributed by atoms with E-state index in [9.17, 15) is 4.79 Å². The van der Waals surface area contributed by atoms with E-state index in [4.69, 9.17) is 5.11 Å². The highest BCUT2D eigenvalue weighted by atomic mass is 32.2. The maximum absolute atomic E-state index is 12.3. The van der Waals surface area contributed by atoms with Crippen molar-refractivity contribution in [2.24, 2.45) is 5.92 Å². The standard InChI is InChI=1S/C17H21NO2S/c1-13-15(5-3-9-19)4-2-6-16(13)17(20)18-12-14-7-10-21-11-8-14/h2,4,6,14,19H,7-12H2,1H3,(H,18,20). The van der Waals surface area contributed by atoms with E-state index in [0.29, 0.717) is 11.5 Å². The fraction of sp³-hybridized carbons (Fsp3) is 0.471. The maximum atomic E-state index is 12.3. The molecule has 0 bridgehead atoms.